The third-order valence-electron chi connectivity index (χ3n) is 4.10. The van der Waals surface area contributed by atoms with Crippen LogP contribution in [0.2, 0.25) is 0 Å². The minimum atomic E-state index is -0.210. The van der Waals surface area contributed by atoms with Crippen molar-refractivity contribution in [3.05, 3.63) is 72.4 Å². The van der Waals surface area contributed by atoms with Gasteiger partial charge in [-0.05, 0) is 55.0 Å². The zero-order valence-electron chi connectivity index (χ0n) is 15.4. The van der Waals surface area contributed by atoms with Crippen molar-refractivity contribution in [2.24, 2.45) is 0 Å². The normalized spacial score (nSPS) is 10.8. The first-order valence-corrected chi connectivity index (χ1v) is 9.09. The van der Waals surface area contributed by atoms with Crippen LogP contribution in [-0.4, -0.2) is 22.5 Å². The summed E-state index contributed by atoms with van der Waals surface area (Å²) in [6.45, 7) is 2.66. The Morgan fingerprint density at radius 3 is 2.86 bits per heavy atom. The molecule has 2 heterocycles. The fourth-order valence-electron chi connectivity index (χ4n) is 2.77. The molecule has 4 aromatic rings. The number of fused-ring (bicyclic) bond motifs is 1. The lowest BCUT2D eigenvalue weighted by atomic mass is 10.1. The Bertz CT molecular complexity index is 1090. The van der Waals surface area contributed by atoms with Gasteiger partial charge in [-0.15, -0.1) is 0 Å². The molecule has 0 saturated carbocycles. The van der Waals surface area contributed by atoms with E-state index in [1.54, 1.807) is 24.4 Å². The highest BCUT2D eigenvalue weighted by Crippen LogP contribution is 2.25. The Balaban J connectivity index is 1.54. The minimum Gasteiger partial charge on any atom is -0.494 e. The smallest absolute Gasteiger partial charge is 0.255 e. The molecule has 6 heteroatoms. The molecule has 1 amide bonds. The van der Waals surface area contributed by atoms with Gasteiger partial charge in [0.1, 0.15) is 5.75 Å². The number of hydrogen-bond donors (Lipinski definition) is 1. The van der Waals surface area contributed by atoms with Crippen LogP contribution in [0.5, 0.6) is 5.75 Å². The van der Waals surface area contributed by atoms with Crippen LogP contribution in [-0.2, 0) is 0 Å². The number of anilines is 1. The van der Waals surface area contributed by atoms with Crippen molar-refractivity contribution in [3.8, 4) is 17.2 Å². The van der Waals surface area contributed by atoms with Gasteiger partial charge in [0.2, 0.25) is 5.89 Å². The zero-order valence-corrected chi connectivity index (χ0v) is 15.4. The molecule has 0 spiro atoms. The maximum atomic E-state index is 12.6. The lowest BCUT2D eigenvalue weighted by molar-refractivity contribution is 0.102. The summed E-state index contributed by atoms with van der Waals surface area (Å²) in [6, 6.07) is 18.1. The number of nitrogens with zero attached hydrogens (tertiary/aromatic N) is 2. The molecule has 4 rings (SSSR count). The summed E-state index contributed by atoms with van der Waals surface area (Å²) in [5.41, 5.74) is 3.12. The summed E-state index contributed by atoms with van der Waals surface area (Å²) < 4.78 is 11.3. The fourth-order valence-corrected chi connectivity index (χ4v) is 2.77. The molecule has 28 heavy (non-hydrogen) atoms. The largest absolute Gasteiger partial charge is 0.494 e. The van der Waals surface area contributed by atoms with Gasteiger partial charge in [-0.3, -0.25) is 4.79 Å². The molecule has 140 valence electrons. The van der Waals surface area contributed by atoms with Gasteiger partial charge < -0.3 is 14.5 Å². The summed E-state index contributed by atoms with van der Waals surface area (Å²) in [5, 5.41) is 2.91. The van der Waals surface area contributed by atoms with Crippen LogP contribution in [0.3, 0.4) is 0 Å². The van der Waals surface area contributed by atoms with Gasteiger partial charge in [0.05, 0.1) is 6.61 Å². The molecule has 2 aromatic carbocycles. The van der Waals surface area contributed by atoms with E-state index < -0.39 is 0 Å². The summed E-state index contributed by atoms with van der Waals surface area (Å²) in [6.07, 6.45) is 2.58. The lowest BCUT2D eigenvalue weighted by Gasteiger charge is -2.08. The monoisotopic (exact) mass is 373 g/mol. The first-order chi connectivity index (χ1) is 13.7. The number of amides is 1. The number of hydrogen-bond acceptors (Lipinski definition) is 5. The third-order valence-corrected chi connectivity index (χ3v) is 4.10. The highest BCUT2D eigenvalue weighted by molar-refractivity contribution is 6.04. The molecule has 0 bridgehead atoms. The number of carbonyl (C=O) groups excluding carboxylic acids is 1. The maximum Gasteiger partial charge on any atom is 0.255 e. The molecule has 0 aliphatic heterocycles. The number of rotatable bonds is 6. The van der Waals surface area contributed by atoms with Crippen molar-refractivity contribution in [1.82, 2.24) is 9.97 Å². The number of nitrogens with one attached hydrogen (secondary N) is 1. The van der Waals surface area contributed by atoms with E-state index in [0.717, 1.165) is 12.0 Å². The summed E-state index contributed by atoms with van der Waals surface area (Å²) in [7, 11) is 0. The van der Waals surface area contributed by atoms with Crippen molar-refractivity contribution >= 4 is 22.8 Å². The Morgan fingerprint density at radius 1 is 1.11 bits per heavy atom. The van der Waals surface area contributed by atoms with Crippen LogP contribution in [0.4, 0.5) is 5.69 Å². The molecule has 6 nitrogen and oxygen atoms in total. The average molecular weight is 373 g/mol. The van der Waals surface area contributed by atoms with Crippen molar-refractivity contribution in [1.29, 1.82) is 0 Å². The van der Waals surface area contributed by atoms with E-state index >= 15 is 0 Å². The molecule has 2 aromatic heterocycles. The molecular weight excluding hydrogens is 354 g/mol. The first kappa shape index (κ1) is 17.7. The Labute approximate surface area is 162 Å². The molecule has 0 saturated heterocycles. The van der Waals surface area contributed by atoms with Gasteiger partial charge >= 0.3 is 0 Å². The Kier molecular flexibility index (Phi) is 5.01. The molecule has 1 N–H and O–H groups in total. The molecule has 0 fully saturated rings. The second-order valence-electron chi connectivity index (χ2n) is 6.26. The molecular formula is C22H19N3O3. The summed E-state index contributed by atoms with van der Waals surface area (Å²) >= 11 is 0. The number of benzene rings is 2. The zero-order chi connectivity index (χ0) is 19.3. The van der Waals surface area contributed by atoms with E-state index in [0.29, 0.717) is 40.7 Å². The molecule has 0 unspecified atom stereocenters. The van der Waals surface area contributed by atoms with Crippen LogP contribution < -0.4 is 10.1 Å². The second kappa shape index (κ2) is 7.92. The van der Waals surface area contributed by atoms with E-state index in [4.69, 9.17) is 9.15 Å². The average Bonchev–Trinajstić information content (AvgIpc) is 3.17. The number of pyridine rings is 1. The van der Waals surface area contributed by atoms with Crippen LogP contribution in [0.25, 0.3) is 22.7 Å². The van der Waals surface area contributed by atoms with Crippen molar-refractivity contribution in [2.75, 3.05) is 11.9 Å². The highest BCUT2D eigenvalue weighted by Gasteiger charge is 2.11. The summed E-state index contributed by atoms with van der Waals surface area (Å²) in [5.74, 6) is 0.931. The number of oxazole rings is 1. The standard InChI is InChI=1S/C22H19N3O3/c1-2-12-27-18-9-4-6-15(14-18)21(26)24-17-8-3-7-16(13-17)22-25-20-19(28-22)10-5-11-23-20/h3-11,13-14H,2,12H2,1H3,(H,24,26). The summed E-state index contributed by atoms with van der Waals surface area (Å²) in [4.78, 5) is 21.2. The lowest BCUT2D eigenvalue weighted by Crippen LogP contribution is -2.12. The van der Waals surface area contributed by atoms with Crippen molar-refractivity contribution in [3.63, 3.8) is 0 Å². The fraction of sp³-hybridized carbons (Fsp3) is 0.136. The topological polar surface area (TPSA) is 77.2 Å². The van der Waals surface area contributed by atoms with E-state index in [2.05, 4.69) is 15.3 Å². The first-order valence-electron chi connectivity index (χ1n) is 9.09. The van der Waals surface area contributed by atoms with Gasteiger partial charge in [0, 0.05) is 23.0 Å². The van der Waals surface area contributed by atoms with E-state index in [9.17, 15) is 4.79 Å². The highest BCUT2D eigenvalue weighted by atomic mass is 16.5. The van der Waals surface area contributed by atoms with Crippen molar-refractivity contribution in [2.45, 2.75) is 13.3 Å². The molecule has 0 atom stereocenters. The Hall–Kier alpha value is -3.67. The Morgan fingerprint density at radius 2 is 2.00 bits per heavy atom. The third kappa shape index (κ3) is 3.86. The van der Waals surface area contributed by atoms with Crippen LogP contribution >= 0.6 is 0 Å². The predicted octanol–water partition coefficient (Wildman–Crippen LogP) is 4.93. The second-order valence-corrected chi connectivity index (χ2v) is 6.26. The van der Waals surface area contributed by atoms with Gasteiger partial charge in [0.15, 0.2) is 11.2 Å². The van der Waals surface area contributed by atoms with E-state index in [1.807, 2.05) is 49.4 Å². The predicted molar refractivity (Wildman–Crippen MR) is 107 cm³/mol. The molecule has 0 radical (unpaired) electrons. The quantitative estimate of drug-likeness (QED) is 0.518. The van der Waals surface area contributed by atoms with Gasteiger partial charge in [-0.2, -0.15) is 4.98 Å². The van der Waals surface area contributed by atoms with E-state index in [1.165, 1.54) is 0 Å². The molecule has 0 aliphatic carbocycles. The number of ether oxygens (including phenoxy) is 1. The van der Waals surface area contributed by atoms with Gasteiger partial charge in [0.25, 0.3) is 5.91 Å². The maximum absolute atomic E-state index is 12.6. The van der Waals surface area contributed by atoms with E-state index in [-0.39, 0.29) is 5.91 Å². The number of aromatic nitrogens is 2. The van der Waals surface area contributed by atoms with Crippen LogP contribution in [0.15, 0.2) is 71.3 Å². The van der Waals surface area contributed by atoms with Crippen LogP contribution in [0.1, 0.15) is 23.7 Å². The number of carbonyl (C=O) groups is 1. The van der Waals surface area contributed by atoms with Crippen molar-refractivity contribution < 1.29 is 13.9 Å². The van der Waals surface area contributed by atoms with Crippen LogP contribution in [0, 0.1) is 0 Å². The minimum absolute atomic E-state index is 0.210. The van der Waals surface area contributed by atoms with Gasteiger partial charge in [-0.25, -0.2) is 4.98 Å². The molecule has 0 aliphatic rings. The van der Waals surface area contributed by atoms with Gasteiger partial charge in [-0.1, -0.05) is 19.1 Å². The SMILES string of the molecule is CCCOc1cccc(C(=O)Nc2cccc(-c3nc4ncccc4o3)c2)c1.